The summed E-state index contributed by atoms with van der Waals surface area (Å²) in [5, 5.41) is 0. The van der Waals surface area contributed by atoms with Gasteiger partial charge in [0.1, 0.15) is 0 Å². The Morgan fingerprint density at radius 2 is 1.62 bits per heavy atom. The summed E-state index contributed by atoms with van der Waals surface area (Å²) in [6.45, 7) is 0. The number of hydrogen-bond donors (Lipinski definition) is 0. The second kappa shape index (κ2) is 5.12. The molecular weight excluding hydrogens is 287 g/mol. The number of rotatable bonds is 1. The van der Waals surface area contributed by atoms with E-state index in [4.69, 9.17) is 35.3 Å². The minimum Gasteiger partial charge on any atom is -0.173 e. The first-order valence-electron chi connectivity index (χ1n) is 3.84. The molecule has 0 saturated carbocycles. The fourth-order valence-electron chi connectivity index (χ4n) is 0.983. The van der Waals surface area contributed by atoms with Gasteiger partial charge >= 0.3 is 6.18 Å². The zero-order chi connectivity index (χ0) is 12.3. The molecule has 2 nitrogen and oxygen atoms in total. The molecule has 88 valence electrons. The van der Waals surface area contributed by atoms with Crippen molar-refractivity contribution in [3.05, 3.63) is 35.4 Å². The largest absolute Gasteiger partial charge is 0.416 e. The van der Waals surface area contributed by atoms with Crippen molar-refractivity contribution in [1.82, 2.24) is 3.94 Å². The molecule has 16 heavy (non-hydrogen) atoms. The molecule has 0 spiro atoms. The summed E-state index contributed by atoms with van der Waals surface area (Å²) in [4.78, 5) is 0. The molecule has 0 aliphatic carbocycles. The highest BCUT2D eigenvalue weighted by atomic mass is 35.5. The molecule has 1 aromatic carbocycles. The summed E-state index contributed by atoms with van der Waals surface area (Å²) >= 11 is 15.9. The van der Waals surface area contributed by atoms with Crippen LogP contribution in [0, 0.1) is 0 Å². The van der Waals surface area contributed by atoms with Crippen molar-refractivity contribution < 1.29 is 13.2 Å². The van der Waals surface area contributed by atoms with E-state index in [2.05, 4.69) is 4.51 Å². The average molecular weight is 291 g/mol. The van der Waals surface area contributed by atoms with Crippen LogP contribution < -0.4 is 0 Å². The van der Waals surface area contributed by atoms with E-state index in [1.54, 1.807) is 0 Å². The second-order valence-electron chi connectivity index (χ2n) is 2.72. The lowest BCUT2D eigenvalue weighted by atomic mass is 10.1. The van der Waals surface area contributed by atoms with Crippen LogP contribution in [-0.4, -0.2) is 9.77 Å². The third kappa shape index (κ3) is 3.17. The first-order chi connectivity index (χ1) is 7.36. The Balaban J connectivity index is 3.04. The summed E-state index contributed by atoms with van der Waals surface area (Å²) in [7, 11) is 0. The molecule has 0 aromatic heterocycles. The highest BCUT2D eigenvalue weighted by Gasteiger charge is 2.30. The van der Waals surface area contributed by atoms with Crippen LogP contribution >= 0.6 is 35.3 Å². The highest BCUT2D eigenvalue weighted by molar-refractivity contribution is 6.45. The molecule has 0 atom stereocenters. The molecular formula is C8H4Cl3F3N2. The van der Waals surface area contributed by atoms with Crippen LogP contribution in [0.2, 0.25) is 0 Å². The van der Waals surface area contributed by atoms with Gasteiger partial charge in [0, 0.05) is 40.9 Å². The number of halogens is 6. The SMILES string of the molecule is FC(F)(F)c1ccc(/C(=N\Cl)N(Cl)Cl)cc1. The molecule has 0 unspecified atom stereocenters. The molecule has 0 heterocycles. The molecule has 0 N–H and O–H groups in total. The number of amidine groups is 1. The Morgan fingerprint density at radius 1 is 1.12 bits per heavy atom. The maximum atomic E-state index is 12.2. The predicted molar refractivity (Wildman–Crippen MR) is 57.4 cm³/mol. The normalized spacial score (nSPS) is 12.8. The first-order valence-corrected chi connectivity index (χ1v) is 4.86. The van der Waals surface area contributed by atoms with Gasteiger partial charge in [-0.3, -0.25) is 0 Å². The van der Waals surface area contributed by atoms with Crippen LogP contribution in [0.1, 0.15) is 11.1 Å². The Morgan fingerprint density at radius 3 is 1.94 bits per heavy atom. The molecule has 0 fully saturated rings. The van der Waals surface area contributed by atoms with E-state index < -0.39 is 11.7 Å². The molecule has 0 radical (unpaired) electrons. The zero-order valence-electron chi connectivity index (χ0n) is 7.47. The number of hydrogen-bond acceptors (Lipinski definition) is 1. The summed E-state index contributed by atoms with van der Waals surface area (Å²) in [5.74, 6) is -0.0567. The van der Waals surface area contributed by atoms with Crippen molar-refractivity contribution in [2.45, 2.75) is 6.18 Å². The maximum absolute atomic E-state index is 12.2. The van der Waals surface area contributed by atoms with Gasteiger partial charge in [-0.1, -0.05) is 12.1 Å². The van der Waals surface area contributed by atoms with Crippen molar-refractivity contribution >= 4 is 41.2 Å². The molecule has 0 saturated heterocycles. The van der Waals surface area contributed by atoms with Gasteiger partial charge in [-0.2, -0.15) is 21.6 Å². The van der Waals surface area contributed by atoms with Gasteiger partial charge in [-0.05, 0) is 12.1 Å². The Hall–Kier alpha value is -0.650. The van der Waals surface area contributed by atoms with Gasteiger partial charge in [0.25, 0.3) is 0 Å². The topological polar surface area (TPSA) is 15.6 Å². The monoisotopic (exact) mass is 290 g/mol. The molecule has 0 amide bonds. The average Bonchev–Trinajstić information content (AvgIpc) is 2.17. The lowest BCUT2D eigenvalue weighted by Crippen LogP contribution is -2.13. The quantitative estimate of drug-likeness (QED) is 0.430. The van der Waals surface area contributed by atoms with Crippen LogP contribution in [0.3, 0.4) is 0 Å². The van der Waals surface area contributed by atoms with Crippen molar-refractivity contribution in [3.8, 4) is 0 Å². The Labute approximate surface area is 105 Å². The number of nitrogens with zero attached hydrogens (tertiary/aromatic N) is 2. The van der Waals surface area contributed by atoms with Crippen LogP contribution in [0.25, 0.3) is 0 Å². The third-order valence-electron chi connectivity index (χ3n) is 1.71. The van der Waals surface area contributed by atoms with Gasteiger partial charge in [0.2, 0.25) is 0 Å². The van der Waals surface area contributed by atoms with Gasteiger partial charge in [0.15, 0.2) is 5.84 Å². The van der Waals surface area contributed by atoms with E-state index in [1.165, 1.54) is 12.1 Å². The van der Waals surface area contributed by atoms with Crippen molar-refractivity contribution in [2.75, 3.05) is 0 Å². The van der Waals surface area contributed by atoms with E-state index in [9.17, 15) is 13.2 Å². The smallest absolute Gasteiger partial charge is 0.173 e. The summed E-state index contributed by atoms with van der Waals surface area (Å²) in [6, 6.07) is 4.10. The van der Waals surface area contributed by atoms with E-state index in [-0.39, 0.29) is 11.4 Å². The zero-order valence-corrected chi connectivity index (χ0v) is 9.74. The van der Waals surface area contributed by atoms with Gasteiger partial charge in [-0.15, -0.1) is 0 Å². The van der Waals surface area contributed by atoms with E-state index in [0.717, 1.165) is 12.1 Å². The highest BCUT2D eigenvalue weighted by Crippen LogP contribution is 2.29. The molecule has 1 aromatic rings. The maximum Gasteiger partial charge on any atom is 0.416 e. The van der Waals surface area contributed by atoms with E-state index in [1.807, 2.05) is 0 Å². The van der Waals surface area contributed by atoms with Gasteiger partial charge < -0.3 is 0 Å². The first kappa shape index (κ1) is 13.4. The summed E-state index contributed by atoms with van der Waals surface area (Å²) < 4.78 is 40.5. The molecule has 0 bridgehead atoms. The van der Waals surface area contributed by atoms with E-state index in [0.29, 0.717) is 3.94 Å². The van der Waals surface area contributed by atoms with Crippen molar-refractivity contribution in [1.29, 1.82) is 0 Å². The van der Waals surface area contributed by atoms with Crippen LogP contribution in [0.15, 0.2) is 28.8 Å². The predicted octanol–water partition coefficient (Wildman–Crippen LogP) is 4.22. The third-order valence-corrected chi connectivity index (χ3v) is 2.19. The fraction of sp³-hybridized carbons (Fsp3) is 0.125. The van der Waals surface area contributed by atoms with Crippen molar-refractivity contribution in [3.63, 3.8) is 0 Å². The standard InChI is InChI=1S/C8H4Cl3F3N2/c9-15-7(16(10)11)5-1-3-6(4-2-5)8(12,13)14/h1-4H/b15-7+. The summed E-state index contributed by atoms with van der Waals surface area (Å²) in [5.41, 5.74) is -0.506. The van der Waals surface area contributed by atoms with Crippen molar-refractivity contribution in [2.24, 2.45) is 4.51 Å². The lowest BCUT2D eigenvalue weighted by Gasteiger charge is -2.10. The number of alkyl halides is 3. The molecule has 0 aliphatic heterocycles. The fourth-order valence-corrected chi connectivity index (χ4v) is 1.50. The lowest BCUT2D eigenvalue weighted by molar-refractivity contribution is -0.137. The molecule has 0 aliphatic rings. The molecule has 8 heteroatoms. The van der Waals surface area contributed by atoms with Gasteiger partial charge in [0.05, 0.1) is 5.56 Å². The minimum absolute atomic E-state index is 0.0567. The van der Waals surface area contributed by atoms with Crippen LogP contribution in [0.4, 0.5) is 13.2 Å². The Bertz CT molecular complexity index is 387. The molecule has 1 rings (SSSR count). The minimum atomic E-state index is -4.39. The van der Waals surface area contributed by atoms with Crippen LogP contribution in [-0.2, 0) is 6.18 Å². The summed E-state index contributed by atoms with van der Waals surface area (Å²) in [6.07, 6.45) is -4.39. The van der Waals surface area contributed by atoms with E-state index >= 15 is 0 Å². The second-order valence-corrected chi connectivity index (χ2v) is 3.73. The Kier molecular flexibility index (Phi) is 4.29. The van der Waals surface area contributed by atoms with Crippen LogP contribution in [0.5, 0.6) is 0 Å². The van der Waals surface area contributed by atoms with Gasteiger partial charge in [-0.25, -0.2) is 0 Å². The number of benzene rings is 1.